The Balaban J connectivity index is 2.92. The molecule has 2 rings (SSSR count). The van der Waals surface area contributed by atoms with Crippen LogP contribution in [0.1, 0.15) is 29.4 Å². The minimum absolute atomic E-state index is 0.846. The molecule has 0 unspecified atom stereocenters. The van der Waals surface area contributed by atoms with Gasteiger partial charge in [0.1, 0.15) is 11.3 Å². The first-order chi connectivity index (χ1) is 7.56. The Morgan fingerprint density at radius 3 is 2.56 bits per heavy atom. The fourth-order valence-corrected chi connectivity index (χ4v) is 1.93. The van der Waals surface area contributed by atoms with E-state index in [0.717, 1.165) is 27.9 Å². The van der Waals surface area contributed by atoms with Crippen molar-refractivity contribution in [3.8, 4) is 0 Å². The second-order valence-corrected chi connectivity index (χ2v) is 4.21. The summed E-state index contributed by atoms with van der Waals surface area (Å²) in [4.78, 5) is 0. The molecule has 1 aromatic carbocycles. The Kier molecular flexibility index (Phi) is 2.47. The van der Waals surface area contributed by atoms with Crippen LogP contribution in [-0.2, 0) is 0 Å². The molecule has 0 N–H and O–H groups in total. The van der Waals surface area contributed by atoms with Crippen LogP contribution >= 0.6 is 0 Å². The summed E-state index contributed by atoms with van der Waals surface area (Å²) in [5.41, 5.74) is 5.36. The van der Waals surface area contributed by atoms with Crippen molar-refractivity contribution in [1.82, 2.24) is 0 Å². The third kappa shape index (κ3) is 1.40. The Bertz CT molecular complexity index is 585. The van der Waals surface area contributed by atoms with E-state index in [-0.39, 0.29) is 0 Å². The molecule has 82 valence electrons. The summed E-state index contributed by atoms with van der Waals surface area (Å²) in [6.45, 7) is 13.9. The molecular formula is C15H16O. The monoisotopic (exact) mass is 212 g/mol. The molecule has 1 aromatic heterocycles. The van der Waals surface area contributed by atoms with Crippen LogP contribution in [0.4, 0.5) is 0 Å². The molecule has 0 aliphatic rings. The van der Waals surface area contributed by atoms with E-state index in [1.165, 1.54) is 11.1 Å². The first-order valence-electron chi connectivity index (χ1n) is 5.37. The molecule has 1 heteroatoms. The van der Waals surface area contributed by atoms with Crippen LogP contribution in [0.5, 0.6) is 0 Å². The highest BCUT2D eigenvalue weighted by Gasteiger charge is 2.14. The van der Waals surface area contributed by atoms with Gasteiger partial charge in [0, 0.05) is 10.9 Å². The van der Waals surface area contributed by atoms with Gasteiger partial charge in [-0.25, -0.2) is 0 Å². The summed E-state index contributed by atoms with van der Waals surface area (Å²) >= 11 is 0. The number of hydrogen-bond acceptors (Lipinski definition) is 1. The molecule has 16 heavy (non-hydrogen) atoms. The van der Waals surface area contributed by atoms with Crippen molar-refractivity contribution in [2.45, 2.75) is 20.8 Å². The van der Waals surface area contributed by atoms with Crippen molar-refractivity contribution in [1.29, 1.82) is 0 Å². The van der Waals surface area contributed by atoms with Gasteiger partial charge in [-0.05, 0) is 37.5 Å². The van der Waals surface area contributed by atoms with Crippen molar-refractivity contribution < 1.29 is 4.42 Å². The molecule has 0 radical (unpaired) electrons. The maximum Gasteiger partial charge on any atom is 0.138 e. The Hall–Kier alpha value is -1.76. The highest BCUT2D eigenvalue weighted by Crippen LogP contribution is 2.33. The van der Waals surface area contributed by atoms with Gasteiger partial charge in [-0.3, -0.25) is 0 Å². The van der Waals surface area contributed by atoms with Crippen LogP contribution in [-0.4, -0.2) is 0 Å². The smallest absolute Gasteiger partial charge is 0.138 e. The molecule has 0 aliphatic carbocycles. The van der Waals surface area contributed by atoms with Gasteiger partial charge in [0.25, 0.3) is 0 Å². The summed E-state index contributed by atoms with van der Waals surface area (Å²) in [6, 6.07) is 4.20. The number of allylic oxidation sites excluding steroid dienone is 1. The molecule has 0 fully saturated rings. The van der Waals surface area contributed by atoms with E-state index >= 15 is 0 Å². The lowest BCUT2D eigenvalue weighted by molar-refractivity contribution is 0.596. The van der Waals surface area contributed by atoms with Crippen LogP contribution in [0, 0.1) is 13.8 Å². The van der Waals surface area contributed by atoms with E-state index in [2.05, 4.69) is 39.1 Å². The molecule has 1 heterocycles. The maximum absolute atomic E-state index is 5.89. The summed E-state index contributed by atoms with van der Waals surface area (Å²) in [5.74, 6) is 0.846. The first kappa shape index (κ1) is 10.7. The van der Waals surface area contributed by atoms with Crippen molar-refractivity contribution in [3.05, 3.63) is 47.7 Å². The van der Waals surface area contributed by atoms with Crippen LogP contribution in [0.2, 0.25) is 0 Å². The van der Waals surface area contributed by atoms with Gasteiger partial charge in [0.15, 0.2) is 0 Å². The lowest BCUT2D eigenvalue weighted by atomic mass is 10.0. The highest BCUT2D eigenvalue weighted by molar-refractivity contribution is 5.94. The standard InChI is InChI=1S/C15H16O/c1-6-12-13-8-7-10(4)11(5)15(13)16-14(12)9(2)3/h6-8H,1-2H2,3-5H3. The molecular weight excluding hydrogens is 196 g/mol. The zero-order chi connectivity index (χ0) is 11.9. The fourth-order valence-electron chi connectivity index (χ4n) is 1.93. The minimum atomic E-state index is 0.846. The molecule has 0 amide bonds. The molecule has 0 atom stereocenters. The number of furan rings is 1. The number of hydrogen-bond donors (Lipinski definition) is 0. The van der Waals surface area contributed by atoms with Gasteiger partial charge in [-0.15, -0.1) is 0 Å². The van der Waals surface area contributed by atoms with E-state index in [0.29, 0.717) is 0 Å². The van der Waals surface area contributed by atoms with Gasteiger partial charge >= 0.3 is 0 Å². The number of fused-ring (bicyclic) bond motifs is 1. The van der Waals surface area contributed by atoms with Crippen LogP contribution in [0.3, 0.4) is 0 Å². The number of benzene rings is 1. The predicted octanol–water partition coefficient (Wildman–Crippen LogP) is 4.73. The van der Waals surface area contributed by atoms with E-state index in [1.807, 2.05) is 13.0 Å². The lowest BCUT2D eigenvalue weighted by Crippen LogP contribution is -1.80. The van der Waals surface area contributed by atoms with Gasteiger partial charge < -0.3 is 4.42 Å². The van der Waals surface area contributed by atoms with Gasteiger partial charge in [-0.2, -0.15) is 0 Å². The average Bonchev–Trinajstić information content (AvgIpc) is 2.62. The fraction of sp³-hybridized carbons (Fsp3) is 0.200. The predicted molar refractivity (Wildman–Crippen MR) is 70.5 cm³/mol. The molecule has 1 nitrogen and oxygen atoms in total. The Morgan fingerprint density at radius 2 is 2.00 bits per heavy atom. The second kappa shape index (κ2) is 3.67. The molecule has 0 saturated heterocycles. The van der Waals surface area contributed by atoms with Crippen molar-refractivity contribution >= 4 is 22.6 Å². The normalized spacial score (nSPS) is 10.7. The summed E-state index contributed by atoms with van der Waals surface area (Å²) in [6.07, 6.45) is 1.84. The van der Waals surface area contributed by atoms with E-state index in [1.54, 1.807) is 0 Å². The largest absolute Gasteiger partial charge is 0.456 e. The van der Waals surface area contributed by atoms with E-state index in [4.69, 9.17) is 4.42 Å². The topological polar surface area (TPSA) is 13.1 Å². The molecule has 0 bridgehead atoms. The quantitative estimate of drug-likeness (QED) is 0.701. The van der Waals surface area contributed by atoms with Crippen molar-refractivity contribution in [2.24, 2.45) is 0 Å². The van der Waals surface area contributed by atoms with Gasteiger partial charge in [0.2, 0.25) is 0 Å². The third-order valence-electron chi connectivity index (χ3n) is 3.01. The van der Waals surface area contributed by atoms with E-state index in [9.17, 15) is 0 Å². The highest BCUT2D eigenvalue weighted by atomic mass is 16.3. The minimum Gasteiger partial charge on any atom is -0.456 e. The van der Waals surface area contributed by atoms with Crippen molar-refractivity contribution in [3.63, 3.8) is 0 Å². The zero-order valence-corrected chi connectivity index (χ0v) is 10.1. The molecule has 0 spiro atoms. The summed E-state index contributed by atoms with van der Waals surface area (Å²) < 4.78 is 5.89. The van der Waals surface area contributed by atoms with Crippen molar-refractivity contribution in [2.75, 3.05) is 0 Å². The SMILES string of the molecule is C=Cc1c(C(=C)C)oc2c(C)c(C)ccc12. The third-order valence-corrected chi connectivity index (χ3v) is 3.01. The lowest BCUT2D eigenvalue weighted by Gasteiger charge is -1.99. The number of aryl methyl sites for hydroxylation is 2. The maximum atomic E-state index is 5.89. The van der Waals surface area contributed by atoms with Gasteiger partial charge in [-0.1, -0.05) is 31.4 Å². The Labute approximate surface area is 96.1 Å². The van der Waals surface area contributed by atoms with Crippen LogP contribution in [0.15, 0.2) is 29.7 Å². The zero-order valence-electron chi connectivity index (χ0n) is 10.1. The van der Waals surface area contributed by atoms with Crippen LogP contribution < -0.4 is 0 Å². The average molecular weight is 212 g/mol. The second-order valence-electron chi connectivity index (χ2n) is 4.21. The van der Waals surface area contributed by atoms with Crippen LogP contribution in [0.25, 0.3) is 22.6 Å². The van der Waals surface area contributed by atoms with Gasteiger partial charge in [0.05, 0.1) is 0 Å². The molecule has 0 saturated carbocycles. The first-order valence-corrected chi connectivity index (χ1v) is 5.37. The summed E-state index contributed by atoms with van der Waals surface area (Å²) in [5, 5.41) is 1.12. The van der Waals surface area contributed by atoms with E-state index < -0.39 is 0 Å². The molecule has 2 aromatic rings. The number of rotatable bonds is 2. The summed E-state index contributed by atoms with van der Waals surface area (Å²) in [7, 11) is 0. The molecule has 0 aliphatic heterocycles. The Morgan fingerprint density at radius 1 is 1.31 bits per heavy atom.